The van der Waals surface area contributed by atoms with Gasteiger partial charge in [-0.25, -0.2) is 0 Å². The van der Waals surface area contributed by atoms with E-state index in [1.807, 2.05) is 0 Å². The number of carbonyl (C=O) groups is 2. The van der Waals surface area contributed by atoms with Gasteiger partial charge in [-0.05, 0) is 60.5 Å². The minimum atomic E-state index is -0.696. The Morgan fingerprint density at radius 3 is 2.48 bits per heavy atom. The number of nitrogens with one attached hydrogen (secondary N) is 1. The molecule has 2 N–H and O–H groups in total. The van der Waals surface area contributed by atoms with Crippen molar-refractivity contribution in [1.82, 2.24) is 9.88 Å². The molecule has 3 rings (SSSR count). The van der Waals surface area contributed by atoms with Crippen LogP contribution >= 0.6 is 23.2 Å². The van der Waals surface area contributed by atoms with E-state index in [0.717, 1.165) is 5.56 Å². The largest absolute Gasteiger partial charge is 0.508 e. The van der Waals surface area contributed by atoms with E-state index in [1.165, 1.54) is 12.1 Å². The molecule has 1 aromatic heterocycles. The Morgan fingerprint density at radius 1 is 1.04 bits per heavy atom. The van der Waals surface area contributed by atoms with Crippen LogP contribution in [0.3, 0.4) is 0 Å². The number of aromatic nitrogens is 1. The maximum Gasteiger partial charge on any atom is 0.294 e. The average molecular weight is 403 g/mol. The monoisotopic (exact) mass is 402 g/mol. The Hall–Kier alpha value is -2.76. The van der Waals surface area contributed by atoms with Gasteiger partial charge in [0.1, 0.15) is 5.75 Å². The van der Waals surface area contributed by atoms with Crippen LogP contribution in [0, 0.1) is 0 Å². The van der Waals surface area contributed by atoms with Crippen LogP contribution in [0.1, 0.15) is 16.1 Å². The smallest absolute Gasteiger partial charge is 0.294 e. The van der Waals surface area contributed by atoms with E-state index in [0.29, 0.717) is 22.2 Å². The summed E-state index contributed by atoms with van der Waals surface area (Å²) in [7, 11) is 0. The SMILES string of the molecule is O=C(NCCc1ccc(Cl)cc1Cl)C(=O)c1cccn1-c1ccc(O)cc1. The number of nitrogens with zero attached hydrogens (tertiary/aromatic N) is 1. The normalized spacial score (nSPS) is 10.6. The molecule has 0 aliphatic heterocycles. The van der Waals surface area contributed by atoms with E-state index in [9.17, 15) is 14.7 Å². The van der Waals surface area contributed by atoms with Gasteiger partial charge in [0.15, 0.2) is 0 Å². The van der Waals surface area contributed by atoms with Crippen LogP contribution in [-0.2, 0) is 11.2 Å². The molecule has 5 nitrogen and oxygen atoms in total. The van der Waals surface area contributed by atoms with Gasteiger partial charge in [0, 0.05) is 28.5 Å². The van der Waals surface area contributed by atoms with Crippen LogP contribution in [0.25, 0.3) is 5.69 Å². The summed E-state index contributed by atoms with van der Waals surface area (Å²) < 4.78 is 1.59. The number of halogens is 2. The van der Waals surface area contributed by atoms with Gasteiger partial charge >= 0.3 is 0 Å². The highest BCUT2D eigenvalue weighted by Gasteiger charge is 2.20. The third-order valence-corrected chi connectivity index (χ3v) is 4.60. The zero-order chi connectivity index (χ0) is 19.4. The lowest BCUT2D eigenvalue weighted by molar-refractivity contribution is -0.117. The first-order valence-electron chi connectivity index (χ1n) is 8.19. The van der Waals surface area contributed by atoms with Gasteiger partial charge in [-0.15, -0.1) is 0 Å². The highest BCUT2D eigenvalue weighted by molar-refractivity contribution is 6.42. The van der Waals surface area contributed by atoms with Crippen LogP contribution in [0.2, 0.25) is 10.0 Å². The first-order chi connectivity index (χ1) is 13.0. The molecule has 0 aliphatic rings. The van der Waals surface area contributed by atoms with Crippen LogP contribution in [0.4, 0.5) is 0 Å². The Labute approximate surface area is 166 Å². The standard InChI is InChI=1S/C20H16Cl2N2O3/c21-14-4-3-13(17(22)12-14)9-10-23-20(27)19(26)18-2-1-11-24(18)15-5-7-16(25)8-6-15/h1-8,11-12,25H,9-10H2,(H,23,27). The van der Waals surface area contributed by atoms with Crippen LogP contribution in [0.15, 0.2) is 60.8 Å². The molecule has 0 aliphatic carbocycles. The Morgan fingerprint density at radius 2 is 1.78 bits per heavy atom. The van der Waals surface area contributed by atoms with Gasteiger partial charge in [-0.3, -0.25) is 9.59 Å². The number of hydrogen-bond acceptors (Lipinski definition) is 3. The van der Waals surface area contributed by atoms with Gasteiger partial charge in [-0.2, -0.15) is 0 Å². The summed E-state index contributed by atoms with van der Waals surface area (Å²) in [5.74, 6) is -1.22. The van der Waals surface area contributed by atoms with Crippen molar-refractivity contribution < 1.29 is 14.7 Å². The Balaban J connectivity index is 1.65. The molecule has 1 heterocycles. The maximum absolute atomic E-state index is 12.5. The van der Waals surface area contributed by atoms with E-state index in [4.69, 9.17) is 23.2 Å². The van der Waals surface area contributed by atoms with Crippen molar-refractivity contribution in [1.29, 1.82) is 0 Å². The fraction of sp³-hybridized carbons (Fsp3) is 0.100. The molecule has 138 valence electrons. The molecular weight excluding hydrogens is 387 g/mol. The number of hydrogen-bond donors (Lipinski definition) is 2. The van der Waals surface area contributed by atoms with Crippen LogP contribution < -0.4 is 5.32 Å². The van der Waals surface area contributed by atoms with Crippen molar-refractivity contribution in [2.24, 2.45) is 0 Å². The lowest BCUT2D eigenvalue weighted by Gasteiger charge is -2.10. The van der Waals surface area contributed by atoms with E-state index < -0.39 is 11.7 Å². The lowest BCUT2D eigenvalue weighted by atomic mass is 10.1. The molecular formula is C20H16Cl2N2O3. The van der Waals surface area contributed by atoms with Gasteiger partial charge < -0.3 is 15.0 Å². The highest BCUT2D eigenvalue weighted by atomic mass is 35.5. The summed E-state index contributed by atoms with van der Waals surface area (Å²) in [5, 5.41) is 13.1. The van der Waals surface area contributed by atoms with E-state index in [2.05, 4.69) is 5.32 Å². The number of ketones is 1. The minimum Gasteiger partial charge on any atom is -0.508 e. The van der Waals surface area contributed by atoms with Gasteiger partial charge in [0.2, 0.25) is 0 Å². The van der Waals surface area contributed by atoms with Crippen LogP contribution in [-0.4, -0.2) is 27.9 Å². The first kappa shape index (κ1) is 19.0. The summed E-state index contributed by atoms with van der Waals surface area (Å²) in [6.45, 7) is 0.270. The van der Waals surface area contributed by atoms with E-state index in [1.54, 1.807) is 53.2 Å². The predicted octanol–water partition coefficient (Wildman–Crippen LogP) is 4.03. The molecule has 7 heteroatoms. The summed E-state index contributed by atoms with van der Waals surface area (Å²) in [6.07, 6.45) is 2.16. The molecule has 0 saturated carbocycles. The summed E-state index contributed by atoms with van der Waals surface area (Å²) in [4.78, 5) is 24.7. The zero-order valence-electron chi connectivity index (χ0n) is 14.2. The molecule has 0 spiro atoms. The number of carbonyl (C=O) groups excluding carboxylic acids is 2. The molecule has 0 unspecified atom stereocenters. The van der Waals surface area contributed by atoms with Crippen molar-refractivity contribution in [3.05, 3.63) is 82.1 Å². The number of phenols is 1. The quantitative estimate of drug-likeness (QED) is 0.482. The van der Waals surface area contributed by atoms with Crippen molar-refractivity contribution in [3.8, 4) is 11.4 Å². The fourth-order valence-corrected chi connectivity index (χ4v) is 3.14. The van der Waals surface area contributed by atoms with Crippen molar-refractivity contribution in [2.75, 3.05) is 6.54 Å². The number of rotatable bonds is 6. The molecule has 0 radical (unpaired) electrons. The summed E-state index contributed by atoms with van der Waals surface area (Å²) >= 11 is 12.0. The third-order valence-electron chi connectivity index (χ3n) is 4.01. The van der Waals surface area contributed by atoms with Gasteiger partial charge in [-0.1, -0.05) is 29.3 Å². The number of aromatic hydroxyl groups is 1. The molecule has 0 bridgehead atoms. The van der Waals surface area contributed by atoms with E-state index >= 15 is 0 Å². The second-order valence-electron chi connectivity index (χ2n) is 5.85. The number of benzene rings is 2. The molecule has 0 atom stereocenters. The second kappa shape index (κ2) is 8.29. The van der Waals surface area contributed by atoms with Crippen molar-refractivity contribution >= 4 is 34.9 Å². The fourth-order valence-electron chi connectivity index (χ4n) is 2.64. The molecule has 27 heavy (non-hydrogen) atoms. The minimum absolute atomic E-state index is 0.123. The molecule has 3 aromatic rings. The molecule has 0 saturated heterocycles. The Bertz CT molecular complexity index is 981. The number of amides is 1. The molecule has 0 fully saturated rings. The lowest BCUT2D eigenvalue weighted by Crippen LogP contribution is -2.33. The van der Waals surface area contributed by atoms with Crippen molar-refractivity contribution in [2.45, 2.75) is 6.42 Å². The highest BCUT2D eigenvalue weighted by Crippen LogP contribution is 2.21. The molecule has 1 amide bonds. The first-order valence-corrected chi connectivity index (χ1v) is 8.94. The van der Waals surface area contributed by atoms with Crippen LogP contribution in [0.5, 0.6) is 5.75 Å². The number of phenolic OH excluding ortho intramolecular Hbond substituents is 1. The maximum atomic E-state index is 12.5. The summed E-state index contributed by atoms with van der Waals surface area (Å²) in [6, 6.07) is 14.7. The number of Topliss-reactive ketones (excluding diaryl/α,β-unsaturated/α-hetero) is 1. The topological polar surface area (TPSA) is 71.3 Å². The third kappa shape index (κ3) is 4.51. The Kier molecular flexibility index (Phi) is 5.84. The molecule has 2 aromatic carbocycles. The van der Waals surface area contributed by atoms with E-state index in [-0.39, 0.29) is 18.0 Å². The average Bonchev–Trinajstić information content (AvgIpc) is 3.13. The van der Waals surface area contributed by atoms with Gasteiger partial charge in [0.25, 0.3) is 11.7 Å². The summed E-state index contributed by atoms with van der Waals surface area (Å²) in [5.41, 5.74) is 1.74. The van der Waals surface area contributed by atoms with Crippen molar-refractivity contribution in [3.63, 3.8) is 0 Å². The second-order valence-corrected chi connectivity index (χ2v) is 6.69. The van der Waals surface area contributed by atoms with Gasteiger partial charge in [0.05, 0.1) is 5.69 Å². The zero-order valence-corrected chi connectivity index (χ0v) is 15.7. The predicted molar refractivity (Wildman–Crippen MR) is 105 cm³/mol.